The zero-order valence-electron chi connectivity index (χ0n) is 18.6. The van der Waals surface area contributed by atoms with Crippen molar-refractivity contribution in [2.45, 2.75) is 32.6 Å². The van der Waals surface area contributed by atoms with Crippen LogP contribution < -0.4 is 4.65 Å². The summed E-state index contributed by atoms with van der Waals surface area (Å²) in [6.07, 6.45) is 4.68. The molecular formula is C24H27BrClN3O3. The molecule has 0 bridgehead atoms. The van der Waals surface area contributed by atoms with E-state index in [1.165, 1.54) is 11.1 Å². The molecule has 1 saturated heterocycles. The number of likely N-dealkylation sites (tertiary alicyclic amines) is 1. The monoisotopic (exact) mass is 519 g/mol. The molecule has 1 fully saturated rings. The van der Waals surface area contributed by atoms with Crippen molar-refractivity contribution in [3.8, 4) is 0 Å². The molecule has 1 aliphatic carbocycles. The summed E-state index contributed by atoms with van der Waals surface area (Å²) in [5.74, 6) is 0. The highest BCUT2D eigenvalue weighted by molar-refractivity contribution is 9.10. The van der Waals surface area contributed by atoms with Gasteiger partial charge < -0.3 is 19.5 Å². The highest BCUT2D eigenvalue weighted by Crippen LogP contribution is 2.42. The number of aromatic nitrogens is 1. The lowest BCUT2D eigenvalue weighted by atomic mass is 9.88. The first-order valence-corrected chi connectivity index (χ1v) is 12.0. The van der Waals surface area contributed by atoms with Gasteiger partial charge in [0.15, 0.2) is 5.69 Å². The molecule has 2 aliphatic rings. The lowest BCUT2D eigenvalue weighted by molar-refractivity contribution is 0.104. The van der Waals surface area contributed by atoms with Crippen molar-refractivity contribution in [2.24, 2.45) is 0 Å². The molecule has 1 aliphatic heterocycles. The van der Waals surface area contributed by atoms with Crippen molar-refractivity contribution in [3.63, 3.8) is 0 Å². The van der Waals surface area contributed by atoms with E-state index in [0.29, 0.717) is 30.4 Å². The molecule has 0 saturated carbocycles. The summed E-state index contributed by atoms with van der Waals surface area (Å²) in [7, 11) is 3.16. The minimum Gasteiger partial charge on any atom is -0.628 e. The number of carbonyl (C=O) groups excluding carboxylic acids is 1. The molecule has 4 rings (SSSR count). The van der Waals surface area contributed by atoms with Gasteiger partial charge in [-0.1, -0.05) is 17.2 Å². The van der Waals surface area contributed by atoms with Crippen LogP contribution in [0.2, 0.25) is 5.02 Å². The minimum absolute atomic E-state index is 0.264. The molecule has 0 N–H and O–H groups in total. The Kier molecular flexibility index (Phi) is 6.63. The number of hydrogen-bond acceptors (Lipinski definition) is 4. The van der Waals surface area contributed by atoms with Crippen LogP contribution in [0.3, 0.4) is 0 Å². The van der Waals surface area contributed by atoms with Gasteiger partial charge in [0.1, 0.15) is 5.02 Å². The maximum Gasteiger partial charge on any atom is 0.409 e. The second kappa shape index (κ2) is 9.14. The Morgan fingerprint density at radius 3 is 2.53 bits per heavy atom. The zero-order valence-corrected chi connectivity index (χ0v) is 20.9. The van der Waals surface area contributed by atoms with Gasteiger partial charge >= 0.3 is 6.09 Å². The van der Waals surface area contributed by atoms with Crippen LogP contribution in [0, 0.1) is 5.21 Å². The number of halogens is 2. The smallest absolute Gasteiger partial charge is 0.409 e. The second-order valence-electron chi connectivity index (χ2n) is 8.64. The van der Waals surface area contributed by atoms with Crippen LogP contribution in [0.25, 0.3) is 5.57 Å². The Morgan fingerprint density at radius 2 is 1.88 bits per heavy atom. The first kappa shape index (κ1) is 23.2. The van der Waals surface area contributed by atoms with E-state index < -0.39 is 4.65 Å². The standard InChI is InChI=1S/C24H27BrClN3O3/c1-4-32-24(30)28-9-7-15(8-10-28)22-19-13-21(29(2,3)31)20(26)12-16(19)5-6-17-11-18(25)14-27-23(17)22/h11-14H,4-10H2,1-3H3. The fourth-order valence-electron chi connectivity index (χ4n) is 4.53. The van der Waals surface area contributed by atoms with Gasteiger partial charge in [-0.05, 0) is 77.4 Å². The van der Waals surface area contributed by atoms with Crippen molar-refractivity contribution in [2.75, 3.05) is 33.8 Å². The van der Waals surface area contributed by atoms with E-state index >= 15 is 0 Å². The molecule has 6 nitrogen and oxygen atoms in total. The number of piperidine rings is 1. The van der Waals surface area contributed by atoms with Gasteiger partial charge in [0, 0.05) is 35.4 Å². The Morgan fingerprint density at radius 1 is 1.19 bits per heavy atom. The lowest BCUT2D eigenvalue weighted by Crippen LogP contribution is -2.37. The third kappa shape index (κ3) is 4.57. The van der Waals surface area contributed by atoms with Crippen molar-refractivity contribution >= 4 is 44.9 Å². The highest BCUT2D eigenvalue weighted by Gasteiger charge is 2.29. The Labute approximate surface area is 202 Å². The molecule has 0 spiro atoms. The van der Waals surface area contributed by atoms with Gasteiger partial charge in [0.25, 0.3) is 0 Å². The average molecular weight is 521 g/mol. The number of aryl methyl sites for hydroxylation is 2. The number of pyridine rings is 1. The molecule has 0 unspecified atom stereocenters. The normalized spacial score (nSPS) is 16.4. The van der Waals surface area contributed by atoms with E-state index in [9.17, 15) is 10.0 Å². The van der Waals surface area contributed by atoms with E-state index in [1.807, 2.05) is 25.3 Å². The molecule has 2 aromatic rings. The maximum atomic E-state index is 12.8. The van der Waals surface area contributed by atoms with Crippen LogP contribution in [0.1, 0.15) is 42.1 Å². The van der Waals surface area contributed by atoms with Gasteiger partial charge in [-0.15, -0.1) is 0 Å². The number of nitrogens with zero attached hydrogens (tertiary/aromatic N) is 3. The number of benzene rings is 1. The molecule has 1 aromatic heterocycles. The topological polar surface area (TPSA) is 65.5 Å². The first-order valence-electron chi connectivity index (χ1n) is 10.9. The molecule has 170 valence electrons. The van der Waals surface area contributed by atoms with Gasteiger partial charge in [-0.2, -0.15) is 0 Å². The van der Waals surface area contributed by atoms with Crippen LogP contribution in [0.5, 0.6) is 0 Å². The largest absolute Gasteiger partial charge is 0.628 e. The molecule has 32 heavy (non-hydrogen) atoms. The number of hydroxylamine groups is 2. The summed E-state index contributed by atoms with van der Waals surface area (Å²) in [5, 5.41) is 13.3. The van der Waals surface area contributed by atoms with E-state index in [4.69, 9.17) is 21.3 Å². The predicted molar refractivity (Wildman–Crippen MR) is 132 cm³/mol. The van der Waals surface area contributed by atoms with Crippen LogP contribution in [-0.4, -0.2) is 49.8 Å². The van der Waals surface area contributed by atoms with Crippen molar-refractivity contribution in [1.29, 1.82) is 0 Å². The van der Waals surface area contributed by atoms with Crippen LogP contribution in [-0.2, 0) is 17.6 Å². The first-order chi connectivity index (χ1) is 15.2. The summed E-state index contributed by atoms with van der Waals surface area (Å²) in [6.45, 7) is 3.39. The highest BCUT2D eigenvalue weighted by atomic mass is 79.9. The number of amides is 1. The molecule has 8 heteroatoms. The Bertz CT molecular complexity index is 1080. The minimum atomic E-state index is -0.605. The van der Waals surface area contributed by atoms with Crippen molar-refractivity contribution < 1.29 is 9.53 Å². The number of rotatable bonds is 2. The Hall–Kier alpha value is -1.93. The predicted octanol–water partition coefficient (Wildman–Crippen LogP) is 5.72. The number of carbonyl (C=O) groups is 1. The molecular weight excluding hydrogens is 494 g/mol. The van der Waals surface area contributed by atoms with Gasteiger partial charge in [0.05, 0.1) is 26.4 Å². The van der Waals surface area contributed by atoms with Gasteiger partial charge in [0.2, 0.25) is 0 Å². The van der Waals surface area contributed by atoms with E-state index in [2.05, 4.69) is 22.0 Å². The summed E-state index contributed by atoms with van der Waals surface area (Å²) >= 11 is 10.1. The summed E-state index contributed by atoms with van der Waals surface area (Å²) < 4.78 is 5.52. The third-order valence-corrected chi connectivity index (χ3v) is 6.84. The fraction of sp³-hybridized carbons (Fsp3) is 0.417. The van der Waals surface area contributed by atoms with Crippen LogP contribution in [0.15, 0.2) is 34.4 Å². The number of hydrogen-bond donors (Lipinski definition) is 0. The van der Waals surface area contributed by atoms with Gasteiger partial charge in [-0.25, -0.2) is 4.79 Å². The quantitative estimate of drug-likeness (QED) is 0.375. The van der Waals surface area contributed by atoms with E-state index in [-0.39, 0.29) is 6.09 Å². The number of fused-ring (bicyclic) bond motifs is 2. The zero-order chi connectivity index (χ0) is 23.0. The molecule has 0 radical (unpaired) electrons. The van der Waals surface area contributed by atoms with E-state index in [1.54, 1.807) is 19.0 Å². The van der Waals surface area contributed by atoms with Gasteiger partial charge in [-0.3, -0.25) is 4.98 Å². The maximum absolute atomic E-state index is 12.8. The SMILES string of the molecule is CCOC(=O)N1CCC(=C2c3cc([N+](C)(C)[O-])c(Cl)cc3CCc3cc(Br)cnc32)CC1. The summed E-state index contributed by atoms with van der Waals surface area (Å²) in [6, 6.07) is 6.02. The average Bonchev–Trinajstić information content (AvgIpc) is 2.89. The lowest BCUT2D eigenvalue weighted by Gasteiger charge is -2.35. The van der Waals surface area contributed by atoms with Crippen molar-refractivity contribution in [3.05, 3.63) is 67.1 Å². The molecule has 1 amide bonds. The molecule has 2 heterocycles. The van der Waals surface area contributed by atoms with Crippen molar-refractivity contribution in [1.82, 2.24) is 14.5 Å². The van der Waals surface area contributed by atoms with Crippen LogP contribution >= 0.6 is 27.5 Å². The number of quaternary nitrogens is 1. The van der Waals surface area contributed by atoms with Crippen LogP contribution in [0.4, 0.5) is 10.5 Å². The molecule has 0 atom stereocenters. The second-order valence-corrected chi connectivity index (χ2v) is 9.96. The fourth-order valence-corrected chi connectivity index (χ4v) is 5.30. The number of ether oxygens (including phenoxy) is 1. The summed E-state index contributed by atoms with van der Waals surface area (Å²) in [5.41, 5.74) is 7.13. The third-order valence-electron chi connectivity index (χ3n) is 6.10. The summed E-state index contributed by atoms with van der Waals surface area (Å²) in [4.78, 5) is 18.7. The van der Waals surface area contributed by atoms with E-state index in [0.717, 1.165) is 52.5 Å². The molecule has 1 aromatic carbocycles. The Balaban J connectivity index is 1.86.